The molecule has 10 heteroatoms. The fourth-order valence-corrected chi connectivity index (χ4v) is 6.30. The average Bonchev–Trinajstić information content (AvgIpc) is 3.16. The van der Waals surface area contributed by atoms with Gasteiger partial charge >= 0.3 is 12.1 Å². The summed E-state index contributed by atoms with van der Waals surface area (Å²) < 4.78 is 43.8. The van der Waals surface area contributed by atoms with Crippen LogP contribution >= 0.6 is 0 Å². The van der Waals surface area contributed by atoms with Gasteiger partial charge in [-0.15, -0.1) is 0 Å². The highest BCUT2D eigenvalue weighted by atomic mass is 19.4. The highest BCUT2D eigenvalue weighted by Crippen LogP contribution is 2.51. The molecule has 1 amide bonds. The van der Waals surface area contributed by atoms with Crippen molar-refractivity contribution in [1.82, 2.24) is 9.88 Å². The van der Waals surface area contributed by atoms with Crippen LogP contribution in [0.1, 0.15) is 51.0 Å². The van der Waals surface area contributed by atoms with Crippen LogP contribution in [0.25, 0.3) is 0 Å². The highest BCUT2D eigenvalue weighted by molar-refractivity contribution is 5.72. The molecule has 33 heavy (non-hydrogen) atoms. The van der Waals surface area contributed by atoms with Gasteiger partial charge in [0.2, 0.25) is 0 Å². The number of hydrogen-bond acceptors (Lipinski definition) is 6. The molecule has 2 bridgehead atoms. The summed E-state index contributed by atoms with van der Waals surface area (Å²) >= 11 is 0. The Labute approximate surface area is 190 Å². The molecule has 1 N–H and O–H groups in total. The van der Waals surface area contributed by atoms with Crippen molar-refractivity contribution in [2.45, 2.75) is 63.7 Å². The van der Waals surface area contributed by atoms with Crippen molar-refractivity contribution in [2.75, 3.05) is 18.5 Å². The molecule has 1 aliphatic heterocycles. The van der Waals surface area contributed by atoms with Crippen molar-refractivity contribution in [3.8, 4) is 0 Å². The van der Waals surface area contributed by atoms with E-state index in [4.69, 9.17) is 4.74 Å². The summed E-state index contributed by atoms with van der Waals surface area (Å²) in [5, 5.41) is 15.1. The fraction of sp³-hybridized carbons (Fsp3) is 0.696. The molecule has 182 valence electrons. The second kappa shape index (κ2) is 9.38. The Hall–Kier alpha value is -2.52. The van der Waals surface area contributed by atoms with E-state index in [0.717, 1.165) is 31.5 Å². The first-order chi connectivity index (χ1) is 15.7. The standard InChI is InChI=1S/C23H30F3N3O4/c1-2-33-21(30)15-10-13-4-3-5-14(11-15)19(13)20-17(8-9-29(20)22(31)32)28-18-7-6-16(12-27-18)23(24,25)26/h6-7,12-15,17,19-20H,2-5,8-11H2,1H3,(H,27,28)(H,31,32)/p-1/t13?,14?,15?,17-,19?,20?/m1/s1. The smallest absolute Gasteiger partial charge is 0.417 e. The highest BCUT2D eigenvalue weighted by Gasteiger charge is 2.51. The number of esters is 1. The normalized spacial score (nSPS) is 31.8. The van der Waals surface area contributed by atoms with Crippen LogP contribution in [0.2, 0.25) is 0 Å². The van der Waals surface area contributed by atoms with E-state index in [9.17, 15) is 27.9 Å². The largest absolute Gasteiger partial charge is 0.530 e. The van der Waals surface area contributed by atoms with Crippen molar-refractivity contribution in [3.63, 3.8) is 0 Å². The number of aromatic nitrogens is 1. The third kappa shape index (κ3) is 4.89. The number of carboxylic acid groups (broad SMARTS) is 1. The summed E-state index contributed by atoms with van der Waals surface area (Å²) in [6, 6.07) is 1.58. The minimum absolute atomic E-state index is 0.0526. The van der Waals surface area contributed by atoms with E-state index in [2.05, 4.69) is 10.3 Å². The molecule has 1 aromatic rings. The number of alkyl halides is 3. The fourth-order valence-electron chi connectivity index (χ4n) is 6.30. The maximum absolute atomic E-state index is 12.9. The van der Waals surface area contributed by atoms with Crippen LogP contribution in [0.15, 0.2) is 18.3 Å². The van der Waals surface area contributed by atoms with Gasteiger partial charge in [0, 0.05) is 18.8 Å². The minimum Gasteiger partial charge on any atom is -0.530 e. The molecule has 0 radical (unpaired) electrons. The van der Waals surface area contributed by atoms with Gasteiger partial charge in [-0.05, 0) is 56.1 Å². The first-order valence-electron chi connectivity index (χ1n) is 11.6. The minimum atomic E-state index is -4.47. The number of ether oxygens (including phenoxy) is 1. The molecular formula is C23H29F3N3O4-. The SMILES string of the molecule is CCOC(=O)C1CC2CCCC(C1)C2C1[C@H](Nc2ccc(C(F)(F)F)cn2)CCN1C(=O)[O-]. The summed E-state index contributed by atoms with van der Waals surface area (Å²) in [5.74, 6) is 0.348. The van der Waals surface area contributed by atoms with Crippen LogP contribution < -0.4 is 10.4 Å². The Morgan fingerprint density at radius 3 is 2.45 bits per heavy atom. The number of nitrogens with one attached hydrogen (secondary N) is 1. The van der Waals surface area contributed by atoms with E-state index >= 15 is 0 Å². The molecule has 2 heterocycles. The lowest BCUT2D eigenvalue weighted by molar-refractivity contribution is -0.268. The number of pyridine rings is 1. The molecule has 2 aliphatic carbocycles. The Balaban J connectivity index is 1.55. The first-order valence-corrected chi connectivity index (χ1v) is 11.6. The van der Waals surface area contributed by atoms with Crippen LogP contribution in [0.3, 0.4) is 0 Å². The van der Waals surface area contributed by atoms with Crippen molar-refractivity contribution in [2.24, 2.45) is 23.7 Å². The van der Waals surface area contributed by atoms with Gasteiger partial charge in [0.15, 0.2) is 0 Å². The van der Waals surface area contributed by atoms with Crippen LogP contribution in [-0.4, -0.2) is 47.2 Å². The molecular weight excluding hydrogens is 439 g/mol. The average molecular weight is 468 g/mol. The van der Waals surface area contributed by atoms with E-state index in [1.807, 2.05) is 0 Å². The van der Waals surface area contributed by atoms with Crippen molar-refractivity contribution >= 4 is 17.9 Å². The molecule has 7 nitrogen and oxygen atoms in total. The maximum Gasteiger partial charge on any atom is 0.417 e. The third-order valence-corrected chi connectivity index (χ3v) is 7.54. The summed E-state index contributed by atoms with van der Waals surface area (Å²) in [7, 11) is 0. The van der Waals surface area contributed by atoms with Gasteiger partial charge in [-0.2, -0.15) is 13.2 Å². The van der Waals surface area contributed by atoms with E-state index in [-0.39, 0.29) is 47.5 Å². The molecule has 1 saturated heterocycles. The quantitative estimate of drug-likeness (QED) is 0.667. The zero-order chi connectivity index (χ0) is 23.8. The van der Waals surface area contributed by atoms with E-state index in [1.54, 1.807) is 6.92 Å². The summed E-state index contributed by atoms with van der Waals surface area (Å²) in [6.07, 6.45) is -0.207. The number of anilines is 1. The second-order valence-corrected chi connectivity index (χ2v) is 9.37. The lowest BCUT2D eigenvalue weighted by Crippen LogP contribution is -2.57. The van der Waals surface area contributed by atoms with Gasteiger partial charge in [-0.3, -0.25) is 4.79 Å². The van der Waals surface area contributed by atoms with Crippen molar-refractivity contribution in [1.29, 1.82) is 0 Å². The lowest BCUT2D eigenvalue weighted by atomic mass is 9.58. The predicted octanol–water partition coefficient (Wildman–Crippen LogP) is 3.30. The van der Waals surface area contributed by atoms with Gasteiger partial charge in [0.1, 0.15) is 11.9 Å². The maximum atomic E-state index is 12.9. The van der Waals surface area contributed by atoms with Gasteiger partial charge in [0.05, 0.1) is 24.1 Å². The van der Waals surface area contributed by atoms with Gasteiger partial charge in [0.25, 0.3) is 0 Å². The molecule has 0 aromatic carbocycles. The van der Waals surface area contributed by atoms with Crippen LogP contribution in [0, 0.1) is 23.7 Å². The van der Waals surface area contributed by atoms with Crippen molar-refractivity contribution in [3.05, 3.63) is 23.9 Å². The molecule has 3 fully saturated rings. The number of rotatable bonds is 5. The molecule has 2 saturated carbocycles. The number of nitrogens with zero attached hydrogens (tertiary/aromatic N) is 2. The number of carbonyl (C=O) groups excluding carboxylic acids is 2. The Morgan fingerprint density at radius 2 is 1.91 bits per heavy atom. The molecule has 1 aromatic heterocycles. The number of fused-ring (bicyclic) bond motifs is 2. The number of halogens is 3. The topological polar surface area (TPSA) is 94.6 Å². The lowest BCUT2D eigenvalue weighted by Gasteiger charge is -2.51. The zero-order valence-electron chi connectivity index (χ0n) is 18.5. The number of amides is 1. The third-order valence-electron chi connectivity index (χ3n) is 7.54. The zero-order valence-corrected chi connectivity index (χ0v) is 18.5. The van der Waals surface area contributed by atoms with Crippen molar-refractivity contribution < 1.29 is 32.6 Å². The monoisotopic (exact) mass is 468 g/mol. The van der Waals surface area contributed by atoms with Crippen LogP contribution in [0.5, 0.6) is 0 Å². The number of carbonyl (C=O) groups is 2. The number of hydrogen-bond donors (Lipinski definition) is 1. The van der Waals surface area contributed by atoms with Gasteiger partial charge in [-0.1, -0.05) is 19.3 Å². The van der Waals surface area contributed by atoms with Gasteiger partial charge in [-0.25, -0.2) is 4.98 Å². The molecule has 3 unspecified atom stereocenters. The second-order valence-electron chi connectivity index (χ2n) is 9.37. The van der Waals surface area contributed by atoms with E-state index < -0.39 is 17.8 Å². The molecule has 4 rings (SSSR count). The molecule has 0 spiro atoms. The first kappa shape index (κ1) is 23.6. The Kier molecular flexibility index (Phi) is 6.72. The molecule has 3 aliphatic rings. The van der Waals surface area contributed by atoms with Crippen LogP contribution in [0.4, 0.5) is 23.8 Å². The molecule has 4 atom stereocenters. The summed E-state index contributed by atoms with van der Waals surface area (Å²) in [4.78, 5) is 29.6. The van der Waals surface area contributed by atoms with E-state index in [0.29, 0.717) is 32.4 Å². The van der Waals surface area contributed by atoms with Gasteiger partial charge < -0.3 is 24.9 Å². The predicted molar refractivity (Wildman–Crippen MR) is 111 cm³/mol. The van der Waals surface area contributed by atoms with Crippen LogP contribution in [-0.2, 0) is 15.7 Å². The van der Waals surface area contributed by atoms with E-state index in [1.165, 1.54) is 11.0 Å². The Bertz CT molecular complexity index is 850. The number of likely N-dealkylation sites (tertiary alicyclic amines) is 1. The summed E-state index contributed by atoms with van der Waals surface area (Å²) in [6.45, 7) is 2.41. The Morgan fingerprint density at radius 1 is 1.21 bits per heavy atom. The summed E-state index contributed by atoms with van der Waals surface area (Å²) in [5.41, 5.74) is -0.834.